The lowest BCUT2D eigenvalue weighted by Crippen LogP contribution is -2.10. The average molecular weight is 1480 g/mol. The van der Waals surface area contributed by atoms with E-state index in [1.807, 2.05) is 312 Å². The lowest BCUT2D eigenvalue weighted by molar-refractivity contribution is -0.118. The molecule has 4 aliphatic carbocycles. The first-order valence-corrected chi connectivity index (χ1v) is 39.3. The highest BCUT2D eigenvalue weighted by molar-refractivity contribution is 6.00. The standard InChI is InChI=1S/C16H16O.4C15H14O.C10H10O.C7H12O.C5H8O.C4H6O/c1-2-6-16(17)15-11-9-14(10-12-15)13-7-4-3-5-8-13;1-12(16)15(13-8-4-2-5-9-13)14-10-6-3-7-11-14;1-12-7-9-13(10-8-12)11-15(16)14-5-3-2-4-6-14;16-15(11-13-7-3-1-4-8-13)12-14-9-5-2-6-10-14;1-2-15(16)14-10-8-13(9-11-14)12-6-4-3-5-7-12;11-10(9-6-7-9)8-4-2-1-3-5-8;8-6-7-4-2-1-3-5-7;1-4(6)5-2-3-5;5-3-4-1-2-4/h3-5,7-12H,2,6H2,1H3;2-11,15H,1H3;2-10H,11H2,1H3;1-10H,11-12H2;3-11H,2H2,1H3;1-5,9H,6-7H2;6-7H,1-5H2;5H,2-3H2,1H3;3-4H,1-2H2. The topological polar surface area (TPSA) is 154 Å². The number of benzene rings is 11. The zero-order valence-corrected chi connectivity index (χ0v) is 65.3. The maximum Gasteiger partial charge on any atom is 0.167 e. The van der Waals surface area contributed by atoms with Crippen LogP contribution in [0, 0.1) is 30.6 Å². The second-order valence-electron chi connectivity index (χ2n) is 28.4. The second-order valence-corrected chi connectivity index (χ2v) is 28.4. The van der Waals surface area contributed by atoms with Crippen molar-refractivity contribution in [2.24, 2.45) is 23.7 Å². The number of hydrogen-bond donors (Lipinski definition) is 0. The Labute approximate surface area is 659 Å². The summed E-state index contributed by atoms with van der Waals surface area (Å²) in [7, 11) is 0. The van der Waals surface area contributed by atoms with Gasteiger partial charge in [0.05, 0.1) is 5.92 Å². The van der Waals surface area contributed by atoms with Gasteiger partial charge in [0.25, 0.3) is 0 Å². The molecule has 570 valence electrons. The molecule has 0 unspecified atom stereocenters. The van der Waals surface area contributed by atoms with E-state index < -0.39 is 0 Å². The molecule has 111 heavy (non-hydrogen) atoms. The molecule has 15 rings (SSSR count). The van der Waals surface area contributed by atoms with Crippen molar-refractivity contribution in [1.29, 1.82) is 0 Å². The number of carbonyl (C=O) groups excluding carboxylic acids is 9. The van der Waals surface area contributed by atoms with Gasteiger partial charge < -0.3 is 9.59 Å². The number of carbonyl (C=O) groups is 9. The molecule has 9 heteroatoms. The lowest BCUT2D eigenvalue weighted by atomic mass is 9.88. The number of ketones is 7. The van der Waals surface area contributed by atoms with Gasteiger partial charge in [0.15, 0.2) is 23.1 Å². The Balaban J connectivity index is 0.000000177. The molecular weight excluding hydrogens is 1370 g/mol. The maximum atomic E-state index is 11.9. The van der Waals surface area contributed by atoms with E-state index in [2.05, 4.69) is 24.3 Å². The van der Waals surface area contributed by atoms with Gasteiger partial charge in [0.1, 0.15) is 29.9 Å². The Morgan fingerprint density at radius 1 is 0.333 bits per heavy atom. The van der Waals surface area contributed by atoms with Gasteiger partial charge in [-0.3, -0.25) is 33.6 Å². The molecular formula is C102H108O9. The average Bonchev–Trinajstić information content (AvgIpc) is 1.83. The van der Waals surface area contributed by atoms with Crippen LogP contribution >= 0.6 is 0 Å². The highest BCUT2D eigenvalue weighted by Crippen LogP contribution is 2.33. The van der Waals surface area contributed by atoms with Crippen molar-refractivity contribution in [2.75, 3.05) is 0 Å². The predicted molar refractivity (Wildman–Crippen MR) is 452 cm³/mol. The van der Waals surface area contributed by atoms with Gasteiger partial charge in [-0.05, 0) is 129 Å². The number of Topliss-reactive ketones (excluding diaryl/α,β-unsaturated/α-hetero) is 7. The Morgan fingerprint density at radius 3 is 1.01 bits per heavy atom. The van der Waals surface area contributed by atoms with E-state index in [0.717, 1.165) is 132 Å². The SMILES string of the molecule is CC(=O)C(c1ccccc1)c1ccccc1.CC(=O)C1CC1.CCC(=O)c1ccc(-c2ccccc2)cc1.CCCC(=O)c1ccc(-c2ccccc2)cc1.Cc1ccc(CC(=O)c2ccccc2)cc1.O=C(Cc1ccccc1)Cc1ccccc1.O=C(c1ccccc1)C1CC1.O=CC1CC1.O=CC1CCCCC1. The van der Waals surface area contributed by atoms with Gasteiger partial charge in [-0.2, -0.15) is 0 Å². The van der Waals surface area contributed by atoms with Crippen molar-refractivity contribution >= 4 is 53.1 Å². The third-order valence-corrected chi connectivity index (χ3v) is 19.0. The van der Waals surface area contributed by atoms with E-state index in [1.165, 1.54) is 36.0 Å². The highest BCUT2D eigenvalue weighted by atomic mass is 16.2. The van der Waals surface area contributed by atoms with Crippen LogP contribution in [0.5, 0.6) is 0 Å². The summed E-state index contributed by atoms with van der Waals surface area (Å²) < 4.78 is 0. The normalized spacial score (nSPS) is 12.8. The monoisotopic (exact) mass is 1480 g/mol. The van der Waals surface area contributed by atoms with Crippen LogP contribution in [-0.4, -0.2) is 53.1 Å². The van der Waals surface area contributed by atoms with E-state index in [9.17, 15) is 43.2 Å². The summed E-state index contributed by atoms with van der Waals surface area (Å²) in [4.78, 5) is 99.9. The largest absolute Gasteiger partial charge is 0.303 e. The van der Waals surface area contributed by atoms with Crippen LogP contribution in [0.2, 0.25) is 0 Å². The third kappa shape index (κ3) is 33.9. The van der Waals surface area contributed by atoms with Crippen LogP contribution < -0.4 is 0 Å². The van der Waals surface area contributed by atoms with Gasteiger partial charge in [0, 0.05) is 78.0 Å². The van der Waals surface area contributed by atoms with Crippen molar-refractivity contribution in [3.63, 3.8) is 0 Å². The molecule has 0 radical (unpaired) electrons. The summed E-state index contributed by atoms with van der Waals surface area (Å²) in [5.41, 5.74) is 14.5. The van der Waals surface area contributed by atoms with Crippen LogP contribution in [0.15, 0.2) is 315 Å². The Bertz CT molecular complexity index is 4430. The molecule has 0 amide bonds. The lowest BCUT2D eigenvalue weighted by Gasteiger charge is -2.14. The fourth-order valence-electron chi connectivity index (χ4n) is 12.0. The number of rotatable bonds is 22. The summed E-state index contributed by atoms with van der Waals surface area (Å²) in [6, 6.07) is 103. The van der Waals surface area contributed by atoms with Crippen LogP contribution in [0.3, 0.4) is 0 Å². The summed E-state index contributed by atoms with van der Waals surface area (Å²) in [5, 5.41) is 0. The molecule has 4 aliphatic rings. The van der Waals surface area contributed by atoms with E-state index in [1.54, 1.807) is 13.8 Å². The van der Waals surface area contributed by atoms with E-state index in [4.69, 9.17) is 0 Å². The molecule has 0 bridgehead atoms. The minimum absolute atomic E-state index is 0.137. The van der Waals surface area contributed by atoms with Crippen molar-refractivity contribution in [3.05, 3.63) is 371 Å². The first kappa shape index (κ1) is 86.7. The zero-order chi connectivity index (χ0) is 79.2. The van der Waals surface area contributed by atoms with Gasteiger partial charge in [-0.15, -0.1) is 0 Å². The van der Waals surface area contributed by atoms with Gasteiger partial charge in [0.2, 0.25) is 0 Å². The van der Waals surface area contributed by atoms with E-state index in [-0.39, 0.29) is 34.8 Å². The number of hydrogen-bond acceptors (Lipinski definition) is 9. The first-order valence-electron chi connectivity index (χ1n) is 39.3. The molecule has 11 aromatic rings. The molecule has 0 heterocycles. The van der Waals surface area contributed by atoms with Crippen LogP contribution in [0.25, 0.3) is 22.3 Å². The maximum absolute atomic E-state index is 11.9. The van der Waals surface area contributed by atoms with Crippen molar-refractivity contribution < 1.29 is 43.2 Å². The second kappa shape index (κ2) is 49.5. The minimum atomic E-state index is -0.137. The molecule has 4 saturated carbocycles. The first-order chi connectivity index (χ1) is 54.0. The number of aryl methyl sites for hydroxylation is 1. The molecule has 0 atom stereocenters. The predicted octanol–water partition coefficient (Wildman–Crippen LogP) is 23.8. The van der Waals surface area contributed by atoms with E-state index >= 15 is 0 Å². The fourth-order valence-corrected chi connectivity index (χ4v) is 12.0. The fraction of sp³-hybridized carbons (Fsp3) is 0.265. The molecule has 0 aliphatic heterocycles. The molecule has 4 fully saturated rings. The molecule has 0 N–H and O–H groups in total. The smallest absolute Gasteiger partial charge is 0.167 e. The molecule has 0 saturated heterocycles. The van der Waals surface area contributed by atoms with E-state index in [0.29, 0.717) is 67.3 Å². The molecule has 11 aromatic carbocycles. The Hall–Kier alpha value is -11.6. The summed E-state index contributed by atoms with van der Waals surface area (Å²) in [6.45, 7) is 9.26. The van der Waals surface area contributed by atoms with Crippen molar-refractivity contribution in [3.8, 4) is 22.3 Å². The molecule has 0 spiro atoms. The van der Waals surface area contributed by atoms with Gasteiger partial charge >= 0.3 is 0 Å². The Morgan fingerprint density at radius 2 is 0.676 bits per heavy atom. The summed E-state index contributed by atoms with van der Waals surface area (Å²) in [5.74, 6) is 3.26. The summed E-state index contributed by atoms with van der Waals surface area (Å²) >= 11 is 0. The zero-order valence-electron chi connectivity index (χ0n) is 65.3. The highest BCUT2D eigenvalue weighted by Gasteiger charge is 2.30. The van der Waals surface area contributed by atoms with Crippen LogP contribution in [0.4, 0.5) is 0 Å². The van der Waals surface area contributed by atoms with Gasteiger partial charge in [-0.1, -0.05) is 354 Å². The van der Waals surface area contributed by atoms with Gasteiger partial charge in [-0.25, -0.2) is 0 Å². The van der Waals surface area contributed by atoms with Crippen molar-refractivity contribution in [1.82, 2.24) is 0 Å². The third-order valence-electron chi connectivity index (χ3n) is 19.0. The number of aldehydes is 2. The quantitative estimate of drug-likeness (QED) is 0.0476. The Kier molecular flexibility index (Phi) is 38.6. The summed E-state index contributed by atoms with van der Waals surface area (Å²) in [6.07, 6.45) is 18.7. The minimum Gasteiger partial charge on any atom is -0.303 e. The van der Waals surface area contributed by atoms with Crippen LogP contribution in [0.1, 0.15) is 198 Å². The molecule has 9 nitrogen and oxygen atoms in total. The molecule has 0 aromatic heterocycles. The van der Waals surface area contributed by atoms with Crippen molar-refractivity contribution in [2.45, 2.75) is 150 Å². The van der Waals surface area contributed by atoms with Crippen LogP contribution in [-0.2, 0) is 43.2 Å².